The molecule has 1 amide bonds. The Hall–Kier alpha value is -1.06. The molecule has 4 heteroatoms. The maximum absolute atomic E-state index is 12.0. The van der Waals surface area contributed by atoms with E-state index in [0.29, 0.717) is 31.2 Å². The van der Waals surface area contributed by atoms with Gasteiger partial charge in [0.15, 0.2) is 0 Å². The fourth-order valence-electron chi connectivity index (χ4n) is 2.40. The number of hydrogen-bond acceptors (Lipinski definition) is 2. The molecule has 0 bridgehead atoms. The highest BCUT2D eigenvalue weighted by Gasteiger charge is 2.37. The van der Waals surface area contributed by atoms with Crippen molar-refractivity contribution >= 4 is 11.9 Å². The Bertz CT molecular complexity index is 288. The molecule has 0 aromatic rings. The molecular formula is C13H23NO3. The Morgan fingerprint density at radius 2 is 1.94 bits per heavy atom. The van der Waals surface area contributed by atoms with Gasteiger partial charge >= 0.3 is 5.97 Å². The van der Waals surface area contributed by atoms with Crippen molar-refractivity contribution in [2.24, 2.45) is 23.7 Å². The lowest BCUT2D eigenvalue weighted by Gasteiger charge is -2.31. The highest BCUT2D eigenvalue weighted by Crippen LogP contribution is 2.34. The maximum Gasteiger partial charge on any atom is 0.307 e. The van der Waals surface area contributed by atoms with Gasteiger partial charge in [0, 0.05) is 6.54 Å². The molecule has 1 rings (SSSR count). The Kier molecular flexibility index (Phi) is 4.97. The van der Waals surface area contributed by atoms with Gasteiger partial charge in [-0.05, 0) is 31.1 Å². The zero-order chi connectivity index (χ0) is 13.0. The van der Waals surface area contributed by atoms with Crippen LogP contribution in [0.4, 0.5) is 0 Å². The van der Waals surface area contributed by atoms with Crippen molar-refractivity contribution in [2.75, 3.05) is 6.54 Å². The third-order valence-electron chi connectivity index (χ3n) is 3.45. The zero-order valence-electron chi connectivity index (χ0n) is 10.9. The summed E-state index contributed by atoms with van der Waals surface area (Å²) in [6.07, 6.45) is 2.22. The fraction of sp³-hybridized carbons (Fsp3) is 0.846. The lowest BCUT2D eigenvalue weighted by Crippen LogP contribution is -2.42. The van der Waals surface area contributed by atoms with Gasteiger partial charge in [0.25, 0.3) is 0 Å². The lowest BCUT2D eigenvalue weighted by molar-refractivity contribution is -0.149. The van der Waals surface area contributed by atoms with Crippen molar-refractivity contribution in [3.05, 3.63) is 0 Å². The van der Waals surface area contributed by atoms with Gasteiger partial charge < -0.3 is 10.4 Å². The zero-order valence-corrected chi connectivity index (χ0v) is 10.9. The number of aliphatic carboxylic acids is 1. The maximum atomic E-state index is 12.0. The standard InChI is InChI=1S/C13H23NO3/c1-8(2)7-14-12(15)11-6-9(3)4-5-10(11)13(16)17/h8-11H,4-7H2,1-3H3,(H,14,15)(H,16,17). The first-order valence-electron chi connectivity index (χ1n) is 6.42. The summed E-state index contributed by atoms with van der Waals surface area (Å²) in [5.74, 6) is -0.934. The van der Waals surface area contributed by atoms with Crippen molar-refractivity contribution in [3.63, 3.8) is 0 Å². The predicted molar refractivity (Wildman–Crippen MR) is 65.5 cm³/mol. The van der Waals surface area contributed by atoms with Crippen LogP contribution in [-0.2, 0) is 9.59 Å². The normalized spacial score (nSPS) is 29.1. The van der Waals surface area contributed by atoms with E-state index in [4.69, 9.17) is 5.11 Å². The third-order valence-corrected chi connectivity index (χ3v) is 3.45. The van der Waals surface area contributed by atoms with E-state index in [9.17, 15) is 9.59 Å². The monoisotopic (exact) mass is 241 g/mol. The molecule has 98 valence electrons. The van der Waals surface area contributed by atoms with Crippen LogP contribution in [0, 0.1) is 23.7 Å². The highest BCUT2D eigenvalue weighted by molar-refractivity contribution is 5.84. The molecule has 0 aromatic carbocycles. The van der Waals surface area contributed by atoms with Crippen LogP contribution in [0.2, 0.25) is 0 Å². The van der Waals surface area contributed by atoms with E-state index in [1.807, 2.05) is 13.8 Å². The molecule has 3 atom stereocenters. The second-order valence-corrected chi connectivity index (χ2v) is 5.61. The first-order valence-corrected chi connectivity index (χ1v) is 6.42. The van der Waals surface area contributed by atoms with Crippen molar-refractivity contribution in [1.82, 2.24) is 5.32 Å². The average molecular weight is 241 g/mol. The summed E-state index contributed by atoms with van der Waals surface area (Å²) >= 11 is 0. The first kappa shape index (κ1) is 14.0. The number of carbonyl (C=O) groups is 2. The van der Waals surface area contributed by atoms with Crippen LogP contribution >= 0.6 is 0 Å². The molecule has 0 heterocycles. The number of nitrogens with one attached hydrogen (secondary N) is 1. The molecule has 0 aromatic heterocycles. The van der Waals surface area contributed by atoms with Crippen molar-refractivity contribution < 1.29 is 14.7 Å². The molecule has 0 aliphatic heterocycles. The number of carboxylic acid groups (broad SMARTS) is 1. The summed E-state index contributed by atoms with van der Waals surface area (Å²) in [5, 5.41) is 12.0. The minimum atomic E-state index is -0.832. The molecule has 1 aliphatic carbocycles. The molecule has 1 aliphatic rings. The number of hydrogen-bond donors (Lipinski definition) is 2. The predicted octanol–water partition coefficient (Wildman–Crippen LogP) is 1.90. The molecule has 0 spiro atoms. The number of carbonyl (C=O) groups excluding carboxylic acids is 1. The summed E-state index contributed by atoms with van der Waals surface area (Å²) in [5.41, 5.74) is 0. The summed E-state index contributed by atoms with van der Waals surface area (Å²) < 4.78 is 0. The van der Waals surface area contributed by atoms with Crippen LogP contribution in [-0.4, -0.2) is 23.5 Å². The molecule has 1 fully saturated rings. The Morgan fingerprint density at radius 3 is 2.47 bits per heavy atom. The van der Waals surface area contributed by atoms with Gasteiger partial charge in [0.05, 0.1) is 11.8 Å². The van der Waals surface area contributed by atoms with E-state index in [1.54, 1.807) is 0 Å². The number of amides is 1. The van der Waals surface area contributed by atoms with Crippen LogP contribution in [0.3, 0.4) is 0 Å². The fourth-order valence-corrected chi connectivity index (χ4v) is 2.40. The van der Waals surface area contributed by atoms with Crippen LogP contribution in [0.25, 0.3) is 0 Å². The number of rotatable bonds is 4. The average Bonchev–Trinajstić information content (AvgIpc) is 2.25. The molecule has 4 nitrogen and oxygen atoms in total. The van der Waals surface area contributed by atoms with Gasteiger partial charge in [-0.3, -0.25) is 9.59 Å². The number of carboxylic acids is 1. The second-order valence-electron chi connectivity index (χ2n) is 5.61. The van der Waals surface area contributed by atoms with Crippen LogP contribution < -0.4 is 5.32 Å². The topological polar surface area (TPSA) is 66.4 Å². The smallest absolute Gasteiger partial charge is 0.307 e. The molecule has 3 unspecified atom stereocenters. The minimum absolute atomic E-state index is 0.0855. The Balaban J connectivity index is 2.62. The first-order chi connectivity index (χ1) is 7.91. The summed E-state index contributed by atoms with van der Waals surface area (Å²) in [7, 11) is 0. The summed E-state index contributed by atoms with van der Waals surface area (Å²) in [6.45, 7) is 6.76. The SMILES string of the molecule is CC(C)CNC(=O)C1CC(C)CCC1C(=O)O. The Labute approximate surface area is 103 Å². The van der Waals surface area contributed by atoms with Crippen LogP contribution in [0.15, 0.2) is 0 Å². The van der Waals surface area contributed by atoms with Gasteiger partial charge in [0.1, 0.15) is 0 Å². The van der Waals surface area contributed by atoms with Gasteiger partial charge in [-0.2, -0.15) is 0 Å². The van der Waals surface area contributed by atoms with Crippen molar-refractivity contribution in [2.45, 2.75) is 40.0 Å². The second kappa shape index (κ2) is 6.03. The van der Waals surface area contributed by atoms with Crippen molar-refractivity contribution in [1.29, 1.82) is 0 Å². The van der Waals surface area contributed by atoms with E-state index < -0.39 is 11.9 Å². The lowest BCUT2D eigenvalue weighted by atomic mass is 9.74. The van der Waals surface area contributed by atoms with E-state index in [0.717, 1.165) is 6.42 Å². The van der Waals surface area contributed by atoms with Gasteiger partial charge in [0.2, 0.25) is 5.91 Å². The molecular weight excluding hydrogens is 218 g/mol. The summed E-state index contributed by atoms with van der Waals surface area (Å²) in [6, 6.07) is 0. The van der Waals surface area contributed by atoms with E-state index >= 15 is 0 Å². The van der Waals surface area contributed by atoms with Gasteiger partial charge in [-0.15, -0.1) is 0 Å². The Morgan fingerprint density at radius 1 is 1.29 bits per heavy atom. The summed E-state index contributed by atoms with van der Waals surface area (Å²) in [4.78, 5) is 23.1. The van der Waals surface area contributed by atoms with E-state index in [1.165, 1.54) is 0 Å². The molecule has 17 heavy (non-hydrogen) atoms. The van der Waals surface area contributed by atoms with Gasteiger partial charge in [-0.1, -0.05) is 20.8 Å². The molecule has 2 N–H and O–H groups in total. The minimum Gasteiger partial charge on any atom is -0.481 e. The van der Waals surface area contributed by atoms with Crippen LogP contribution in [0.1, 0.15) is 40.0 Å². The van der Waals surface area contributed by atoms with Crippen molar-refractivity contribution in [3.8, 4) is 0 Å². The van der Waals surface area contributed by atoms with Gasteiger partial charge in [-0.25, -0.2) is 0 Å². The largest absolute Gasteiger partial charge is 0.481 e. The van der Waals surface area contributed by atoms with E-state index in [-0.39, 0.29) is 11.8 Å². The quantitative estimate of drug-likeness (QED) is 0.790. The molecule has 0 radical (unpaired) electrons. The third kappa shape index (κ3) is 4.02. The molecule has 0 saturated heterocycles. The van der Waals surface area contributed by atoms with E-state index in [2.05, 4.69) is 12.2 Å². The molecule has 1 saturated carbocycles. The van der Waals surface area contributed by atoms with Crippen LogP contribution in [0.5, 0.6) is 0 Å². The highest BCUT2D eigenvalue weighted by atomic mass is 16.4.